The number of rotatable bonds is 16. The Labute approximate surface area is 183 Å². The molecule has 2 rings (SSSR count). The zero-order valence-electron chi connectivity index (χ0n) is 19.2. The lowest BCUT2D eigenvalue weighted by molar-refractivity contribution is 0.280. The predicted octanol–water partition coefficient (Wildman–Crippen LogP) is 7.48. The second kappa shape index (κ2) is 14.8. The Bertz CT molecular complexity index is 670. The molecular formula is C26H40N2O2. The molecule has 1 aromatic carbocycles. The van der Waals surface area contributed by atoms with Gasteiger partial charge in [-0.25, -0.2) is 9.97 Å². The summed E-state index contributed by atoms with van der Waals surface area (Å²) >= 11 is 0. The second-order valence-corrected chi connectivity index (χ2v) is 8.24. The van der Waals surface area contributed by atoms with Gasteiger partial charge >= 0.3 is 0 Å². The molecular weight excluding hydrogens is 372 g/mol. The fourth-order valence-corrected chi connectivity index (χ4v) is 3.25. The molecule has 2 aromatic rings. The summed E-state index contributed by atoms with van der Waals surface area (Å²) in [5.74, 6) is 3.03. The van der Waals surface area contributed by atoms with Crippen LogP contribution in [0, 0.1) is 5.92 Å². The molecule has 0 spiro atoms. The molecule has 0 aliphatic rings. The summed E-state index contributed by atoms with van der Waals surface area (Å²) < 4.78 is 11.6. The highest BCUT2D eigenvalue weighted by molar-refractivity contribution is 5.56. The maximum atomic E-state index is 5.87. The van der Waals surface area contributed by atoms with Crippen LogP contribution in [0.5, 0.6) is 11.5 Å². The van der Waals surface area contributed by atoms with Crippen molar-refractivity contribution in [2.75, 3.05) is 13.2 Å². The van der Waals surface area contributed by atoms with Crippen LogP contribution in [0.4, 0.5) is 0 Å². The molecule has 4 nitrogen and oxygen atoms in total. The highest BCUT2D eigenvalue weighted by Gasteiger charge is 2.04. The zero-order chi connectivity index (χ0) is 21.4. The van der Waals surface area contributed by atoms with Crippen LogP contribution in [0.25, 0.3) is 11.4 Å². The van der Waals surface area contributed by atoms with Crippen molar-refractivity contribution >= 4 is 0 Å². The summed E-state index contributed by atoms with van der Waals surface area (Å²) in [5, 5.41) is 0. The Hall–Kier alpha value is -2.10. The third-order valence-electron chi connectivity index (χ3n) is 5.58. The molecule has 0 amide bonds. The molecule has 0 N–H and O–H groups in total. The molecule has 0 aliphatic heterocycles. The van der Waals surface area contributed by atoms with E-state index < -0.39 is 0 Å². The molecule has 166 valence electrons. The molecule has 0 saturated carbocycles. The van der Waals surface area contributed by atoms with E-state index >= 15 is 0 Å². The molecule has 1 atom stereocenters. The van der Waals surface area contributed by atoms with Crippen LogP contribution in [0.15, 0.2) is 36.7 Å². The Morgan fingerprint density at radius 2 is 1.33 bits per heavy atom. The maximum Gasteiger partial charge on any atom is 0.159 e. The quantitative estimate of drug-likeness (QED) is 0.268. The predicted molar refractivity (Wildman–Crippen MR) is 125 cm³/mol. The first-order valence-corrected chi connectivity index (χ1v) is 11.9. The lowest BCUT2D eigenvalue weighted by atomic mass is 10.1. The minimum Gasteiger partial charge on any atom is -0.494 e. The van der Waals surface area contributed by atoms with Crippen LogP contribution < -0.4 is 9.47 Å². The first-order chi connectivity index (χ1) is 14.7. The normalized spacial score (nSPS) is 12.0. The standard InChI is InChI=1S/C26H40N2O2/c1-4-6-7-8-9-10-11-12-18-29-24-15-13-23(14-16-24)26-27-20-25(21-28-26)30-19-17-22(3)5-2/h13-16,20-22H,4-12,17-19H2,1-3H3. The van der Waals surface area contributed by atoms with Crippen LogP contribution >= 0.6 is 0 Å². The molecule has 0 fully saturated rings. The van der Waals surface area contributed by atoms with Crippen molar-refractivity contribution in [3.63, 3.8) is 0 Å². The Morgan fingerprint density at radius 3 is 1.97 bits per heavy atom. The van der Waals surface area contributed by atoms with Gasteiger partial charge in [-0.15, -0.1) is 0 Å². The van der Waals surface area contributed by atoms with Crippen LogP contribution in [0.3, 0.4) is 0 Å². The smallest absolute Gasteiger partial charge is 0.159 e. The molecule has 0 saturated heterocycles. The largest absolute Gasteiger partial charge is 0.494 e. The van der Waals surface area contributed by atoms with E-state index in [0.29, 0.717) is 18.3 Å². The van der Waals surface area contributed by atoms with Crippen molar-refractivity contribution in [1.82, 2.24) is 9.97 Å². The van der Waals surface area contributed by atoms with Gasteiger partial charge in [0, 0.05) is 5.56 Å². The highest BCUT2D eigenvalue weighted by atomic mass is 16.5. The monoisotopic (exact) mass is 412 g/mol. The Kier molecular flexibility index (Phi) is 11.9. The number of ether oxygens (including phenoxy) is 2. The van der Waals surface area contributed by atoms with Crippen molar-refractivity contribution in [1.29, 1.82) is 0 Å². The number of unbranched alkanes of at least 4 members (excludes halogenated alkanes) is 7. The number of aromatic nitrogens is 2. The molecule has 30 heavy (non-hydrogen) atoms. The van der Waals surface area contributed by atoms with Gasteiger partial charge in [-0.05, 0) is 43.0 Å². The van der Waals surface area contributed by atoms with Gasteiger partial charge in [-0.1, -0.05) is 72.1 Å². The van der Waals surface area contributed by atoms with Gasteiger partial charge < -0.3 is 9.47 Å². The minimum absolute atomic E-state index is 0.682. The summed E-state index contributed by atoms with van der Waals surface area (Å²) in [6.07, 6.45) is 16.3. The van der Waals surface area contributed by atoms with Crippen molar-refractivity contribution < 1.29 is 9.47 Å². The Morgan fingerprint density at radius 1 is 0.733 bits per heavy atom. The zero-order valence-corrected chi connectivity index (χ0v) is 19.2. The average Bonchev–Trinajstić information content (AvgIpc) is 2.79. The fraction of sp³-hybridized carbons (Fsp3) is 0.615. The number of nitrogens with zero attached hydrogens (tertiary/aromatic N) is 2. The van der Waals surface area contributed by atoms with Gasteiger partial charge in [0.25, 0.3) is 0 Å². The molecule has 1 aromatic heterocycles. The van der Waals surface area contributed by atoms with E-state index in [1.165, 1.54) is 51.4 Å². The van der Waals surface area contributed by atoms with E-state index in [4.69, 9.17) is 9.47 Å². The van der Waals surface area contributed by atoms with E-state index in [0.717, 1.165) is 36.5 Å². The number of hydrogen-bond donors (Lipinski definition) is 0. The number of hydrogen-bond acceptors (Lipinski definition) is 4. The van der Waals surface area contributed by atoms with Crippen molar-refractivity contribution in [2.24, 2.45) is 5.92 Å². The topological polar surface area (TPSA) is 44.2 Å². The van der Waals surface area contributed by atoms with E-state index in [9.17, 15) is 0 Å². The first-order valence-electron chi connectivity index (χ1n) is 11.9. The third-order valence-corrected chi connectivity index (χ3v) is 5.58. The van der Waals surface area contributed by atoms with E-state index in [1.807, 2.05) is 24.3 Å². The van der Waals surface area contributed by atoms with E-state index in [-0.39, 0.29) is 0 Å². The van der Waals surface area contributed by atoms with Gasteiger partial charge in [0.05, 0.1) is 25.6 Å². The van der Waals surface area contributed by atoms with E-state index in [1.54, 1.807) is 12.4 Å². The molecule has 0 aliphatic carbocycles. The Balaban J connectivity index is 1.66. The van der Waals surface area contributed by atoms with Crippen molar-refractivity contribution in [3.8, 4) is 22.9 Å². The molecule has 4 heteroatoms. The molecule has 0 radical (unpaired) electrons. The van der Waals surface area contributed by atoms with Crippen molar-refractivity contribution in [2.45, 2.75) is 85.0 Å². The first kappa shape index (κ1) is 24.2. The summed E-state index contributed by atoms with van der Waals surface area (Å²) in [7, 11) is 0. The molecule has 1 heterocycles. The summed E-state index contributed by atoms with van der Waals surface area (Å²) in [6.45, 7) is 8.20. The van der Waals surface area contributed by atoms with Gasteiger partial charge in [0.1, 0.15) is 5.75 Å². The SMILES string of the molecule is CCCCCCCCCCOc1ccc(-c2ncc(OCCC(C)CC)cn2)cc1. The molecule has 1 unspecified atom stereocenters. The third kappa shape index (κ3) is 9.60. The van der Waals surface area contributed by atoms with Gasteiger partial charge in [0.2, 0.25) is 0 Å². The average molecular weight is 413 g/mol. The fourth-order valence-electron chi connectivity index (χ4n) is 3.25. The molecule has 0 bridgehead atoms. The van der Waals surface area contributed by atoms with Gasteiger partial charge in [-0.3, -0.25) is 0 Å². The highest BCUT2D eigenvalue weighted by Crippen LogP contribution is 2.21. The second-order valence-electron chi connectivity index (χ2n) is 8.24. The van der Waals surface area contributed by atoms with E-state index in [2.05, 4.69) is 30.7 Å². The summed E-state index contributed by atoms with van der Waals surface area (Å²) in [5.41, 5.74) is 0.987. The van der Waals surface area contributed by atoms with Gasteiger partial charge in [-0.2, -0.15) is 0 Å². The van der Waals surface area contributed by atoms with Crippen LogP contribution in [-0.4, -0.2) is 23.2 Å². The summed E-state index contributed by atoms with van der Waals surface area (Å²) in [6, 6.07) is 8.03. The lowest BCUT2D eigenvalue weighted by Crippen LogP contribution is -2.04. The lowest BCUT2D eigenvalue weighted by Gasteiger charge is -2.10. The van der Waals surface area contributed by atoms with Crippen LogP contribution in [0.1, 0.15) is 85.0 Å². The number of benzene rings is 1. The van der Waals surface area contributed by atoms with Crippen LogP contribution in [0.2, 0.25) is 0 Å². The summed E-state index contributed by atoms with van der Waals surface area (Å²) in [4.78, 5) is 8.88. The van der Waals surface area contributed by atoms with Crippen LogP contribution in [-0.2, 0) is 0 Å². The van der Waals surface area contributed by atoms with Gasteiger partial charge in [0.15, 0.2) is 11.6 Å². The minimum atomic E-state index is 0.682. The van der Waals surface area contributed by atoms with Crippen molar-refractivity contribution in [3.05, 3.63) is 36.7 Å². The maximum absolute atomic E-state index is 5.87.